The molecule has 1 unspecified atom stereocenters. The van der Waals surface area contributed by atoms with Crippen LogP contribution >= 0.6 is 0 Å². The Labute approximate surface area is 128 Å². The molecule has 1 amide bonds. The maximum Gasteiger partial charge on any atom is 0.222 e. The second kappa shape index (κ2) is 8.18. The minimum absolute atomic E-state index is 0.0723. The molecular weight excluding hydrogens is 260 g/mol. The molecule has 1 fully saturated rings. The fourth-order valence-corrected chi connectivity index (χ4v) is 3.26. The summed E-state index contributed by atoms with van der Waals surface area (Å²) in [5.41, 5.74) is 7.14. The normalized spacial score (nSPS) is 19.5. The Morgan fingerprint density at radius 2 is 1.81 bits per heavy atom. The molecule has 1 aliphatic carbocycles. The van der Waals surface area contributed by atoms with Crippen LogP contribution in [-0.4, -0.2) is 11.9 Å². The number of nitrogens with two attached hydrogens (primary N) is 1. The highest BCUT2D eigenvalue weighted by atomic mass is 16.1. The highest BCUT2D eigenvalue weighted by Gasteiger charge is 2.21. The van der Waals surface area contributed by atoms with E-state index in [1.54, 1.807) is 0 Å². The fraction of sp³-hybridized carbons (Fsp3) is 0.611. The van der Waals surface area contributed by atoms with Gasteiger partial charge in [0.25, 0.3) is 0 Å². The van der Waals surface area contributed by atoms with Crippen molar-refractivity contribution in [2.45, 2.75) is 64.0 Å². The van der Waals surface area contributed by atoms with Crippen molar-refractivity contribution in [2.75, 3.05) is 0 Å². The van der Waals surface area contributed by atoms with Gasteiger partial charge >= 0.3 is 0 Å². The zero-order valence-electron chi connectivity index (χ0n) is 13.1. The predicted molar refractivity (Wildman–Crippen MR) is 86.8 cm³/mol. The van der Waals surface area contributed by atoms with E-state index in [1.165, 1.54) is 38.5 Å². The van der Waals surface area contributed by atoms with Crippen LogP contribution in [0.15, 0.2) is 30.3 Å². The van der Waals surface area contributed by atoms with Gasteiger partial charge < -0.3 is 11.1 Å². The SMILES string of the molecule is C[C@H](NC(=O)CC(N)c1ccccc1)C1CCCCCC1. The zero-order valence-corrected chi connectivity index (χ0v) is 13.1. The second-order valence-corrected chi connectivity index (χ2v) is 6.33. The first-order valence-corrected chi connectivity index (χ1v) is 8.26. The molecule has 0 spiro atoms. The molecule has 116 valence electrons. The van der Waals surface area contributed by atoms with Crippen LogP contribution in [0.1, 0.15) is 63.5 Å². The van der Waals surface area contributed by atoms with Crippen molar-refractivity contribution in [3.8, 4) is 0 Å². The van der Waals surface area contributed by atoms with Crippen molar-refractivity contribution < 1.29 is 4.79 Å². The van der Waals surface area contributed by atoms with Gasteiger partial charge in [-0.2, -0.15) is 0 Å². The lowest BCUT2D eigenvalue weighted by atomic mass is 9.92. The van der Waals surface area contributed by atoms with Crippen LogP contribution in [0.2, 0.25) is 0 Å². The van der Waals surface area contributed by atoms with E-state index in [4.69, 9.17) is 5.73 Å². The van der Waals surface area contributed by atoms with E-state index in [1.807, 2.05) is 30.3 Å². The smallest absolute Gasteiger partial charge is 0.222 e. The highest BCUT2D eigenvalue weighted by Crippen LogP contribution is 2.25. The van der Waals surface area contributed by atoms with Crippen LogP contribution in [0.4, 0.5) is 0 Å². The Hall–Kier alpha value is -1.35. The van der Waals surface area contributed by atoms with E-state index in [0.717, 1.165) is 5.56 Å². The number of nitrogens with one attached hydrogen (secondary N) is 1. The van der Waals surface area contributed by atoms with Crippen LogP contribution in [0.3, 0.4) is 0 Å². The number of amides is 1. The lowest BCUT2D eigenvalue weighted by Gasteiger charge is -2.24. The summed E-state index contributed by atoms with van der Waals surface area (Å²) in [5, 5.41) is 3.16. The summed E-state index contributed by atoms with van der Waals surface area (Å²) >= 11 is 0. The summed E-state index contributed by atoms with van der Waals surface area (Å²) < 4.78 is 0. The third kappa shape index (κ3) is 5.16. The number of benzene rings is 1. The maximum atomic E-state index is 12.2. The third-order valence-corrected chi connectivity index (χ3v) is 4.63. The molecule has 3 nitrogen and oxygen atoms in total. The summed E-state index contributed by atoms with van der Waals surface area (Å²) in [6, 6.07) is 9.89. The molecule has 1 aromatic rings. The first kappa shape index (κ1) is 16.0. The number of hydrogen-bond donors (Lipinski definition) is 2. The Balaban J connectivity index is 1.80. The quantitative estimate of drug-likeness (QED) is 0.814. The van der Waals surface area contributed by atoms with Gasteiger partial charge in [0.15, 0.2) is 0 Å². The van der Waals surface area contributed by atoms with Crippen molar-refractivity contribution in [1.29, 1.82) is 0 Å². The molecule has 3 heteroatoms. The van der Waals surface area contributed by atoms with E-state index < -0.39 is 0 Å². The van der Waals surface area contributed by atoms with Crippen LogP contribution in [-0.2, 0) is 4.79 Å². The topological polar surface area (TPSA) is 55.1 Å². The predicted octanol–water partition coefficient (Wildman–Crippen LogP) is 3.55. The van der Waals surface area contributed by atoms with Gasteiger partial charge in [-0.1, -0.05) is 56.0 Å². The monoisotopic (exact) mass is 288 g/mol. The van der Waals surface area contributed by atoms with Gasteiger partial charge in [-0.25, -0.2) is 0 Å². The van der Waals surface area contributed by atoms with E-state index in [-0.39, 0.29) is 18.0 Å². The standard InChI is InChI=1S/C18H28N2O/c1-14(15-9-5-2-3-6-10-15)20-18(21)13-17(19)16-11-7-4-8-12-16/h4,7-8,11-12,14-15,17H,2-3,5-6,9-10,13,19H2,1H3,(H,20,21)/t14-,17?/m0/s1. The van der Waals surface area contributed by atoms with Crippen LogP contribution < -0.4 is 11.1 Å². The molecule has 0 bridgehead atoms. The molecule has 2 rings (SSSR count). The fourth-order valence-electron chi connectivity index (χ4n) is 3.26. The Morgan fingerprint density at radius 3 is 2.43 bits per heavy atom. The molecule has 0 aromatic heterocycles. The molecular formula is C18H28N2O. The van der Waals surface area contributed by atoms with Gasteiger partial charge in [0, 0.05) is 18.5 Å². The lowest BCUT2D eigenvalue weighted by molar-refractivity contribution is -0.122. The number of carbonyl (C=O) groups excluding carboxylic acids is 1. The van der Waals surface area contributed by atoms with Crippen LogP contribution in [0, 0.1) is 5.92 Å². The Kier molecular flexibility index (Phi) is 6.24. The first-order valence-electron chi connectivity index (χ1n) is 8.26. The number of hydrogen-bond acceptors (Lipinski definition) is 2. The largest absolute Gasteiger partial charge is 0.353 e. The first-order chi connectivity index (χ1) is 10.2. The van der Waals surface area contributed by atoms with E-state index in [0.29, 0.717) is 12.3 Å². The van der Waals surface area contributed by atoms with Crippen molar-refractivity contribution >= 4 is 5.91 Å². The molecule has 1 saturated carbocycles. The van der Waals surface area contributed by atoms with Gasteiger partial charge in [0.05, 0.1) is 0 Å². The van der Waals surface area contributed by atoms with Crippen molar-refractivity contribution in [1.82, 2.24) is 5.32 Å². The Morgan fingerprint density at radius 1 is 1.19 bits per heavy atom. The van der Waals surface area contributed by atoms with E-state index in [2.05, 4.69) is 12.2 Å². The van der Waals surface area contributed by atoms with Crippen molar-refractivity contribution in [2.24, 2.45) is 11.7 Å². The molecule has 3 N–H and O–H groups in total. The second-order valence-electron chi connectivity index (χ2n) is 6.33. The summed E-state index contributed by atoms with van der Waals surface area (Å²) in [7, 11) is 0. The summed E-state index contributed by atoms with van der Waals surface area (Å²) in [6.45, 7) is 2.14. The number of carbonyl (C=O) groups is 1. The van der Waals surface area contributed by atoms with Crippen molar-refractivity contribution in [3.63, 3.8) is 0 Å². The molecule has 1 aromatic carbocycles. The van der Waals surface area contributed by atoms with E-state index in [9.17, 15) is 4.79 Å². The average molecular weight is 288 g/mol. The summed E-state index contributed by atoms with van der Waals surface area (Å²) in [4.78, 5) is 12.2. The molecule has 21 heavy (non-hydrogen) atoms. The average Bonchev–Trinajstić information content (AvgIpc) is 2.77. The molecule has 0 radical (unpaired) electrons. The minimum atomic E-state index is -0.215. The highest BCUT2D eigenvalue weighted by molar-refractivity contribution is 5.77. The van der Waals surface area contributed by atoms with Gasteiger partial charge in [-0.3, -0.25) is 4.79 Å². The zero-order chi connectivity index (χ0) is 15.1. The van der Waals surface area contributed by atoms with Crippen LogP contribution in [0.5, 0.6) is 0 Å². The van der Waals surface area contributed by atoms with Crippen molar-refractivity contribution in [3.05, 3.63) is 35.9 Å². The minimum Gasteiger partial charge on any atom is -0.353 e. The number of rotatable bonds is 5. The molecule has 2 atom stereocenters. The van der Waals surface area contributed by atoms with Crippen LogP contribution in [0.25, 0.3) is 0 Å². The Bertz CT molecular complexity index is 424. The van der Waals surface area contributed by atoms with Gasteiger partial charge in [0.2, 0.25) is 5.91 Å². The molecule has 1 aliphatic rings. The summed E-state index contributed by atoms with van der Waals surface area (Å²) in [5.74, 6) is 0.701. The maximum absolute atomic E-state index is 12.2. The third-order valence-electron chi connectivity index (χ3n) is 4.63. The lowest BCUT2D eigenvalue weighted by Crippen LogP contribution is -2.39. The molecule has 0 aliphatic heterocycles. The van der Waals surface area contributed by atoms with Gasteiger partial charge in [-0.05, 0) is 31.2 Å². The van der Waals surface area contributed by atoms with E-state index >= 15 is 0 Å². The van der Waals surface area contributed by atoms with Gasteiger partial charge in [-0.15, -0.1) is 0 Å². The molecule has 0 saturated heterocycles. The van der Waals surface area contributed by atoms with Gasteiger partial charge in [0.1, 0.15) is 0 Å². The summed E-state index contributed by atoms with van der Waals surface area (Å²) in [6.07, 6.45) is 8.13. The molecule has 0 heterocycles.